The molecule has 0 unspecified atom stereocenters. The normalized spacial score (nSPS) is 12.1. The third-order valence-electron chi connectivity index (χ3n) is 5.12. The van der Waals surface area contributed by atoms with Crippen LogP contribution >= 0.6 is 0 Å². The zero-order valence-electron chi connectivity index (χ0n) is 18.2. The van der Waals surface area contributed by atoms with Crippen LogP contribution in [0.4, 0.5) is 0 Å². The summed E-state index contributed by atoms with van der Waals surface area (Å²) >= 11 is 0. The summed E-state index contributed by atoms with van der Waals surface area (Å²) in [6.07, 6.45) is -0.684. The maximum Gasteiger partial charge on any atom is 0.148 e. The number of ether oxygens (including phenoxy) is 2. The molecule has 0 fully saturated rings. The first-order chi connectivity index (χ1) is 15.0. The Morgan fingerprint density at radius 1 is 0.839 bits per heavy atom. The average Bonchev–Trinajstić information content (AvgIpc) is 3.08. The first kappa shape index (κ1) is 20.9. The second kappa shape index (κ2) is 9.23. The number of rotatable bonds is 8. The van der Waals surface area contributed by atoms with Crippen LogP contribution in [0.2, 0.25) is 0 Å². The first-order valence-corrected chi connectivity index (χ1v) is 10.5. The number of aromatic nitrogens is 2. The summed E-state index contributed by atoms with van der Waals surface area (Å²) < 4.78 is 13.9. The largest absolute Gasteiger partial charge is 0.491 e. The number of benzene rings is 3. The molecule has 3 aromatic carbocycles. The lowest BCUT2D eigenvalue weighted by molar-refractivity contribution is 0.0917. The summed E-state index contributed by atoms with van der Waals surface area (Å²) in [6, 6.07) is 21.9. The molecule has 1 aromatic heterocycles. The topological polar surface area (TPSA) is 56.5 Å². The Bertz CT molecular complexity index is 1160. The van der Waals surface area contributed by atoms with Crippen LogP contribution in [0, 0.1) is 20.8 Å². The van der Waals surface area contributed by atoms with E-state index in [4.69, 9.17) is 14.5 Å². The van der Waals surface area contributed by atoms with Crippen LogP contribution in [-0.4, -0.2) is 27.4 Å². The molecule has 5 heteroatoms. The van der Waals surface area contributed by atoms with Gasteiger partial charge in [-0.25, -0.2) is 4.98 Å². The zero-order valence-corrected chi connectivity index (χ0v) is 18.2. The molecule has 31 heavy (non-hydrogen) atoms. The number of para-hydroxylation sites is 2. The first-order valence-electron chi connectivity index (χ1n) is 10.5. The third-order valence-corrected chi connectivity index (χ3v) is 5.12. The van der Waals surface area contributed by atoms with Crippen molar-refractivity contribution in [3.63, 3.8) is 0 Å². The minimum absolute atomic E-state index is 0.202. The molecule has 0 aliphatic heterocycles. The second-order valence-electron chi connectivity index (χ2n) is 8.02. The maximum absolute atomic E-state index is 10.7. The molecule has 5 nitrogen and oxygen atoms in total. The van der Waals surface area contributed by atoms with Crippen LogP contribution < -0.4 is 9.47 Å². The molecule has 1 heterocycles. The van der Waals surface area contributed by atoms with Crippen LogP contribution in [-0.2, 0) is 13.2 Å². The van der Waals surface area contributed by atoms with Gasteiger partial charge < -0.3 is 19.1 Å². The van der Waals surface area contributed by atoms with Crippen molar-refractivity contribution in [2.24, 2.45) is 0 Å². The minimum atomic E-state index is -0.684. The molecule has 0 spiro atoms. The highest BCUT2D eigenvalue weighted by Gasteiger charge is 2.15. The van der Waals surface area contributed by atoms with Gasteiger partial charge in [0.05, 0.1) is 17.6 Å². The molecule has 1 atom stereocenters. The number of hydrogen-bond acceptors (Lipinski definition) is 4. The predicted molar refractivity (Wildman–Crippen MR) is 123 cm³/mol. The van der Waals surface area contributed by atoms with Crippen LogP contribution in [0.5, 0.6) is 11.5 Å². The van der Waals surface area contributed by atoms with Gasteiger partial charge in [0.15, 0.2) is 0 Å². The maximum atomic E-state index is 10.7. The molecular formula is C26H28N2O3. The van der Waals surface area contributed by atoms with Crippen LogP contribution in [0.15, 0.2) is 66.7 Å². The number of aliphatic hydroxyl groups is 1. The van der Waals surface area contributed by atoms with Crippen molar-refractivity contribution in [2.45, 2.75) is 40.0 Å². The van der Waals surface area contributed by atoms with E-state index in [2.05, 4.69) is 6.07 Å². The summed E-state index contributed by atoms with van der Waals surface area (Å²) in [6.45, 7) is 7.01. The Kier molecular flexibility index (Phi) is 6.23. The molecule has 0 amide bonds. The molecule has 0 bridgehead atoms. The number of imidazole rings is 1. The summed E-state index contributed by atoms with van der Waals surface area (Å²) in [5, 5.41) is 10.7. The minimum Gasteiger partial charge on any atom is -0.491 e. The molecular weight excluding hydrogens is 388 g/mol. The summed E-state index contributed by atoms with van der Waals surface area (Å²) in [4.78, 5) is 4.73. The van der Waals surface area contributed by atoms with E-state index in [1.165, 1.54) is 0 Å². The highest BCUT2D eigenvalue weighted by Crippen LogP contribution is 2.20. The lowest BCUT2D eigenvalue weighted by Gasteiger charge is -2.16. The van der Waals surface area contributed by atoms with Crippen molar-refractivity contribution >= 4 is 11.0 Å². The van der Waals surface area contributed by atoms with Crippen molar-refractivity contribution in [2.75, 3.05) is 6.61 Å². The fraction of sp³-hybridized carbons (Fsp3) is 0.269. The standard InChI is InChI=1S/C26H28N2O3/c1-18-7-6-8-22(12-18)31-17-26-27-24-9-4-5-10-25(24)28(26)15-21(29)16-30-23-13-19(2)11-20(3)14-23/h4-14,21,29H,15-17H2,1-3H3/t21-/m0/s1. The highest BCUT2D eigenvalue weighted by molar-refractivity contribution is 5.75. The van der Waals surface area contributed by atoms with Gasteiger partial charge in [-0.3, -0.25) is 0 Å². The van der Waals surface area contributed by atoms with Gasteiger partial charge in [-0.2, -0.15) is 0 Å². The Balaban J connectivity index is 1.49. The van der Waals surface area contributed by atoms with E-state index in [0.717, 1.165) is 45.0 Å². The van der Waals surface area contributed by atoms with Gasteiger partial charge in [-0.15, -0.1) is 0 Å². The highest BCUT2D eigenvalue weighted by atomic mass is 16.5. The van der Waals surface area contributed by atoms with Crippen molar-refractivity contribution in [1.29, 1.82) is 0 Å². The van der Waals surface area contributed by atoms with E-state index < -0.39 is 6.10 Å². The second-order valence-corrected chi connectivity index (χ2v) is 8.02. The predicted octanol–water partition coefficient (Wildman–Crippen LogP) is 4.98. The fourth-order valence-electron chi connectivity index (χ4n) is 3.76. The molecule has 1 N–H and O–H groups in total. The average molecular weight is 417 g/mol. The number of nitrogens with zero attached hydrogens (tertiary/aromatic N) is 2. The lowest BCUT2D eigenvalue weighted by atomic mass is 10.1. The van der Waals surface area contributed by atoms with Crippen molar-refractivity contribution < 1.29 is 14.6 Å². The molecule has 0 saturated carbocycles. The number of fused-ring (bicyclic) bond motifs is 1. The van der Waals surface area contributed by atoms with Gasteiger partial charge in [0.25, 0.3) is 0 Å². The van der Waals surface area contributed by atoms with Gasteiger partial charge in [0, 0.05) is 0 Å². The zero-order chi connectivity index (χ0) is 21.8. The monoisotopic (exact) mass is 416 g/mol. The van der Waals surface area contributed by atoms with Crippen molar-refractivity contribution in [1.82, 2.24) is 9.55 Å². The number of aliphatic hydroxyl groups excluding tert-OH is 1. The van der Waals surface area contributed by atoms with Crippen LogP contribution in [0.25, 0.3) is 11.0 Å². The van der Waals surface area contributed by atoms with Gasteiger partial charge in [0.2, 0.25) is 0 Å². The fourth-order valence-corrected chi connectivity index (χ4v) is 3.76. The molecule has 4 rings (SSSR count). The van der Waals surface area contributed by atoms with Crippen LogP contribution in [0.3, 0.4) is 0 Å². The Morgan fingerprint density at radius 3 is 2.35 bits per heavy atom. The van der Waals surface area contributed by atoms with Crippen molar-refractivity contribution in [3.8, 4) is 11.5 Å². The number of aryl methyl sites for hydroxylation is 3. The van der Waals surface area contributed by atoms with Gasteiger partial charge >= 0.3 is 0 Å². The summed E-state index contributed by atoms with van der Waals surface area (Å²) in [5.74, 6) is 2.35. The Morgan fingerprint density at radius 2 is 1.58 bits per heavy atom. The Hall–Kier alpha value is -3.31. The third kappa shape index (κ3) is 5.25. The molecule has 4 aromatic rings. The lowest BCUT2D eigenvalue weighted by Crippen LogP contribution is -2.25. The quantitative estimate of drug-likeness (QED) is 0.440. The van der Waals surface area contributed by atoms with E-state index in [0.29, 0.717) is 13.2 Å². The van der Waals surface area contributed by atoms with E-state index in [-0.39, 0.29) is 6.61 Å². The van der Waals surface area contributed by atoms with E-state index in [1.807, 2.05) is 86.0 Å². The molecule has 0 aliphatic carbocycles. The molecule has 0 saturated heterocycles. The summed E-state index contributed by atoms with van der Waals surface area (Å²) in [5.41, 5.74) is 5.27. The molecule has 0 aliphatic rings. The van der Waals surface area contributed by atoms with Crippen LogP contribution in [0.1, 0.15) is 22.5 Å². The van der Waals surface area contributed by atoms with Gasteiger partial charge in [-0.05, 0) is 73.9 Å². The smallest absolute Gasteiger partial charge is 0.148 e. The Labute approximate surface area is 182 Å². The van der Waals surface area contributed by atoms with Crippen molar-refractivity contribution in [3.05, 3.63) is 89.2 Å². The summed E-state index contributed by atoms with van der Waals surface area (Å²) in [7, 11) is 0. The van der Waals surface area contributed by atoms with Gasteiger partial charge in [0.1, 0.15) is 36.6 Å². The SMILES string of the molecule is Cc1cccc(OCc2nc3ccccc3n2C[C@H](O)COc2cc(C)cc(C)c2)c1. The molecule has 0 radical (unpaired) electrons. The van der Waals surface area contributed by atoms with Gasteiger partial charge in [-0.1, -0.05) is 30.3 Å². The number of hydrogen-bond donors (Lipinski definition) is 1. The molecule has 160 valence electrons. The van der Waals surface area contributed by atoms with E-state index in [1.54, 1.807) is 0 Å². The van der Waals surface area contributed by atoms with E-state index in [9.17, 15) is 5.11 Å². The van der Waals surface area contributed by atoms with E-state index >= 15 is 0 Å².